The Morgan fingerprint density at radius 1 is 1.14 bits per heavy atom. The Labute approximate surface area is 209 Å². The summed E-state index contributed by atoms with van der Waals surface area (Å²) in [6.07, 6.45) is 1.48. The molecule has 4 aromatic heterocycles. The molecule has 1 aliphatic rings. The summed E-state index contributed by atoms with van der Waals surface area (Å²) in [5, 5.41) is 18.8. The number of carbonyl (C=O) groups is 1. The Hall–Kier alpha value is -4.45. The second-order valence-electron chi connectivity index (χ2n) is 9.12. The number of alkyl halides is 1. The maximum absolute atomic E-state index is 13.7. The van der Waals surface area contributed by atoms with Gasteiger partial charge in [0.25, 0.3) is 5.91 Å². The van der Waals surface area contributed by atoms with Crippen molar-refractivity contribution in [3.63, 3.8) is 0 Å². The van der Waals surface area contributed by atoms with E-state index in [1.165, 1.54) is 18.0 Å². The number of rotatable bonds is 7. The largest absolute Gasteiger partial charge is 0.470 e. The van der Waals surface area contributed by atoms with E-state index in [1.54, 1.807) is 29.8 Å². The molecule has 0 unspecified atom stereocenters. The molecule has 1 aromatic carbocycles. The topological polar surface area (TPSA) is 121 Å². The fraction of sp³-hybridized carbons (Fsp3) is 0.280. The fourth-order valence-corrected chi connectivity index (χ4v) is 4.30. The first kappa shape index (κ1) is 23.0. The highest BCUT2D eigenvalue weighted by Gasteiger charge is 2.41. The van der Waals surface area contributed by atoms with Crippen LogP contribution < -0.4 is 4.74 Å². The van der Waals surface area contributed by atoms with E-state index in [4.69, 9.17) is 14.0 Å². The van der Waals surface area contributed by atoms with Gasteiger partial charge in [-0.1, -0.05) is 23.4 Å². The molecule has 0 aliphatic carbocycles. The molecule has 5 heterocycles. The minimum Gasteiger partial charge on any atom is -0.470 e. The maximum Gasteiger partial charge on any atom is 0.255 e. The molecule has 6 rings (SSSR count). The van der Waals surface area contributed by atoms with Crippen molar-refractivity contribution in [3.8, 4) is 17.4 Å². The molecule has 11 nitrogen and oxygen atoms in total. The third-order valence-electron chi connectivity index (χ3n) is 6.06. The van der Waals surface area contributed by atoms with E-state index in [0.717, 1.165) is 10.8 Å². The van der Waals surface area contributed by atoms with Gasteiger partial charge in [-0.2, -0.15) is 4.52 Å². The van der Waals surface area contributed by atoms with Crippen LogP contribution in [0.15, 0.2) is 53.2 Å². The first-order chi connectivity index (χ1) is 17.9. The minimum atomic E-state index is -1.32. The Morgan fingerprint density at radius 3 is 2.68 bits per heavy atom. The molecule has 5 aromatic rings. The van der Waals surface area contributed by atoms with Gasteiger partial charge in [0.15, 0.2) is 17.1 Å². The number of fused-ring (bicyclic) bond motifs is 3. The molecule has 1 fully saturated rings. The van der Waals surface area contributed by atoms with Gasteiger partial charge in [-0.25, -0.2) is 4.39 Å². The molecule has 0 radical (unpaired) electrons. The maximum atomic E-state index is 13.7. The van der Waals surface area contributed by atoms with Crippen LogP contribution in [0.3, 0.4) is 0 Å². The summed E-state index contributed by atoms with van der Waals surface area (Å²) in [6.45, 7) is 2.05. The lowest BCUT2D eigenvalue weighted by Crippen LogP contribution is -2.59. The quantitative estimate of drug-likeness (QED) is 0.329. The molecule has 188 valence electrons. The number of benzene rings is 1. The highest BCUT2D eigenvalue weighted by Crippen LogP contribution is 2.29. The van der Waals surface area contributed by atoms with Crippen LogP contribution in [0.1, 0.15) is 28.7 Å². The van der Waals surface area contributed by atoms with Crippen molar-refractivity contribution in [2.24, 2.45) is 0 Å². The summed E-state index contributed by atoms with van der Waals surface area (Å²) in [5.41, 5.74) is 0.694. The van der Waals surface area contributed by atoms with Gasteiger partial charge in [-0.15, -0.1) is 15.3 Å². The average Bonchev–Trinajstić information content (AvgIpc) is 3.53. The average molecular weight is 503 g/mol. The number of likely N-dealkylation sites (tertiary alicyclic amines) is 1. The number of ether oxygens (including phenoxy) is 2. The van der Waals surface area contributed by atoms with Gasteiger partial charge in [0, 0.05) is 30.1 Å². The molecule has 0 spiro atoms. The van der Waals surface area contributed by atoms with Crippen molar-refractivity contribution in [1.82, 2.24) is 34.9 Å². The second kappa shape index (κ2) is 8.89. The zero-order valence-corrected chi connectivity index (χ0v) is 20.1. The summed E-state index contributed by atoms with van der Waals surface area (Å²) in [7, 11) is 1.57. The van der Waals surface area contributed by atoms with E-state index in [2.05, 4.69) is 25.4 Å². The van der Waals surface area contributed by atoms with E-state index in [0.29, 0.717) is 40.1 Å². The minimum absolute atomic E-state index is 0.0883. The van der Waals surface area contributed by atoms with Gasteiger partial charge in [0.1, 0.15) is 18.9 Å². The van der Waals surface area contributed by atoms with E-state index < -0.39 is 5.67 Å². The fourth-order valence-electron chi connectivity index (χ4n) is 4.30. The van der Waals surface area contributed by atoms with Gasteiger partial charge >= 0.3 is 0 Å². The van der Waals surface area contributed by atoms with Crippen LogP contribution in [-0.4, -0.2) is 66.6 Å². The molecule has 0 N–H and O–H groups in total. The molecule has 1 saturated heterocycles. The lowest BCUT2D eigenvalue weighted by molar-refractivity contribution is -0.00788. The highest BCUT2D eigenvalue weighted by molar-refractivity contribution is 5.97. The molecule has 0 saturated carbocycles. The Balaban J connectivity index is 1.27. The number of nitrogens with zero attached hydrogens (tertiary/aromatic N) is 7. The predicted octanol–water partition coefficient (Wildman–Crippen LogP) is 3.24. The van der Waals surface area contributed by atoms with Crippen LogP contribution in [0.4, 0.5) is 4.39 Å². The SMILES string of the molecule is COCc1cc(-c2nnc3c4ccccc4c(OCc4ccc(C(=O)N5CC(C)(F)C5)cn4)nn23)no1. The van der Waals surface area contributed by atoms with Crippen molar-refractivity contribution in [3.05, 3.63) is 65.7 Å². The Kier molecular flexibility index (Phi) is 5.52. The molecular weight excluding hydrogens is 481 g/mol. The smallest absolute Gasteiger partial charge is 0.255 e. The van der Waals surface area contributed by atoms with Crippen LogP contribution in [0.2, 0.25) is 0 Å². The predicted molar refractivity (Wildman–Crippen MR) is 128 cm³/mol. The summed E-state index contributed by atoms with van der Waals surface area (Å²) in [6, 6.07) is 12.7. The van der Waals surface area contributed by atoms with Crippen LogP contribution in [0.25, 0.3) is 27.9 Å². The van der Waals surface area contributed by atoms with Crippen LogP contribution in [0.5, 0.6) is 5.88 Å². The first-order valence-corrected chi connectivity index (χ1v) is 11.6. The Morgan fingerprint density at radius 2 is 1.95 bits per heavy atom. The van der Waals surface area contributed by atoms with Crippen molar-refractivity contribution < 1.29 is 23.2 Å². The van der Waals surface area contributed by atoms with Gasteiger partial charge in [0.05, 0.1) is 24.3 Å². The number of aromatic nitrogens is 6. The van der Waals surface area contributed by atoms with Crippen LogP contribution in [-0.2, 0) is 18.0 Å². The van der Waals surface area contributed by atoms with Crippen LogP contribution in [0, 0.1) is 0 Å². The number of hydrogen-bond donors (Lipinski definition) is 0. The van der Waals surface area contributed by atoms with Crippen molar-refractivity contribution in [1.29, 1.82) is 0 Å². The number of carbonyl (C=O) groups excluding carboxylic acids is 1. The number of hydrogen-bond acceptors (Lipinski definition) is 9. The zero-order valence-electron chi connectivity index (χ0n) is 20.1. The normalized spacial score (nSPS) is 14.7. The summed E-state index contributed by atoms with van der Waals surface area (Å²) in [4.78, 5) is 18.3. The van der Waals surface area contributed by atoms with Gasteiger partial charge in [-0.05, 0) is 25.1 Å². The molecule has 0 atom stereocenters. The van der Waals surface area contributed by atoms with E-state index in [-0.39, 0.29) is 32.2 Å². The number of amides is 1. The lowest BCUT2D eigenvalue weighted by atomic mass is 9.98. The molecule has 37 heavy (non-hydrogen) atoms. The van der Waals surface area contributed by atoms with E-state index in [9.17, 15) is 9.18 Å². The molecule has 1 amide bonds. The molecule has 1 aliphatic heterocycles. The first-order valence-electron chi connectivity index (χ1n) is 11.6. The standard InChI is InChI=1S/C25H22FN7O4/c1-25(26)13-32(14-25)24(34)15-7-8-16(27-10-15)11-36-23-19-6-4-3-5-18(19)21-28-29-22(33(21)30-23)20-9-17(12-35-2)37-31-20/h3-10H,11-14H2,1-2H3. The monoisotopic (exact) mass is 503 g/mol. The number of methoxy groups -OCH3 is 1. The van der Waals surface area contributed by atoms with Gasteiger partial charge in [-0.3, -0.25) is 9.78 Å². The van der Waals surface area contributed by atoms with Crippen molar-refractivity contribution >= 4 is 22.3 Å². The third-order valence-corrected chi connectivity index (χ3v) is 6.06. The second-order valence-corrected chi connectivity index (χ2v) is 9.12. The summed E-state index contributed by atoms with van der Waals surface area (Å²) >= 11 is 0. The zero-order chi connectivity index (χ0) is 25.6. The summed E-state index contributed by atoms with van der Waals surface area (Å²) < 4.78 is 31.8. The molecule has 0 bridgehead atoms. The summed E-state index contributed by atoms with van der Waals surface area (Å²) in [5.74, 6) is 1.06. The van der Waals surface area contributed by atoms with Gasteiger partial charge in [0.2, 0.25) is 11.7 Å². The number of halogens is 1. The van der Waals surface area contributed by atoms with Crippen molar-refractivity contribution in [2.45, 2.75) is 25.8 Å². The number of pyridine rings is 1. The van der Waals surface area contributed by atoms with Crippen LogP contribution >= 0.6 is 0 Å². The Bertz CT molecular complexity index is 1600. The third kappa shape index (κ3) is 4.25. The van der Waals surface area contributed by atoms with Crippen molar-refractivity contribution in [2.75, 3.05) is 20.2 Å². The lowest BCUT2D eigenvalue weighted by Gasteiger charge is -2.42. The van der Waals surface area contributed by atoms with Gasteiger partial charge < -0.3 is 18.9 Å². The molecule has 12 heteroatoms. The van der Waals surface area contributed by atoms with E-state index >= 15 is 0 Å². The highest BCUT2D eigenvalue weighted by atomic mass is 19.1. The molecular formula is C25H22FN7O4. The van der Waals surface area contributed by atoms with E-state index in [1.807, 2.05) is 24.3 Å².